The molecular weight excluding hydrogens is 378 g/mol. The van der Waals surface area contributed by atoms with Crippen LogP contribution in [-0.4, -0.2) is 60.5 Å². The zero-order valence-electron chi connectivity index (χ0n) is 18.0. The fourth-order valence-corrected chi connectivity index (χ4v) is 4.57. The number of carbonyl (C=O) groups excluding carboxylic acids is 1. The average Bonchev–Trinajstić information content (AvgIpc) is 3.09. The Bertz CT molecular complexity index is 827. The summed E-state index contributed by atoms with van der Waals surface area (Å²) in [5.41, 5.74) is 1.13. The number of methoxy groups -OCH3 is 1. The molecule has 0 saturated carbocycles. The lowest BCUT2D eigenvalue weighted by molar-refractivity contribution is -0.133. The van der Waals surface area contributed by atoms with Gasteiger partial charge in [0.25, 0.3) is 0 Å². The SMILES string of the molecule is COc1cccc(Cc2cnc([C@H]3CCCN(C(=O)CN4CCCCCC4)C3)o2)c1. The van der Waals surface area contributed by atoms with E-state index in [0.29, 0.717) is 19.5 Å². The minimum atomic E-state index is 0.186. The number of oxazole rings is 1. The summed E-state index contributed by atoms with van der Waals surface area (Å²) in [5.74, 6) is 2.90. The van der Waals surface area contributed by atoms with Crippen molar-refractivity contribution in [2.24, 2.45) is 0 Å². The highest BCUT2D eigenvalue weighted by molar-refractivity contribution is 5.78. The lowest BCUT2D eigenvalue weighted by atomic mass is 9.98. The lowest BCUT2D eigenvalue weighted by Crippen LogP contribution is -2.44. The van der Waals surface area contributed by atoms with Crippen molar-refractivity contribution in [1.29, 1.82) is 0 Å². The van der Waals surface area contributed by atoms with Gasteiger partial charge >= 0.3 is 0 Å². The molecule has 1 aromatic heterocycles. The molecule has 2 aliphatic heterocycles. The van der Waals surface area contributed by atoms with E-state index in [-0.39, 0.29) is 11.8 Å². The molecule has 0 N–H and O–H groups in total. The third-order valence-electron chi connectivity index (χ3n) is 6.26. The molecular formula is C24H33N3O3. The fraction of sp³-hybridized carbons (Fsp3) is 0.583. The van der Waals surface area contributed by atoms with E-state index in [0.717, 1.165) is 55.4 Å². The van der Waals surface area contributed by atoms with Crippen LogP contribution in [0.1, 0.15) is 61.7 Å². The summed E-state index contributed by atoms with van der Waals surface area (Å²) in [6.07, 6.45) is 9.54. The molecule has 1 amide bonds. The molecule has 0 spiro atoms. The van der Waals surface area contributed by atoms with Crippen molar-refractivity contribution in [1.82, 2.24) is 14.8 Å². The van der Waals surface area contributed by atoms with Crippen LogP contribution in [-0.2, 0) is 11.2 Å². The number of likely N-dealkylation sites (tertiary alicyclic amines) is 2. The van der Waals surface area contributed by atoms with Crippen LogP contribution in [0, 0.1) is 0 Å². The Morgan fingerprint density at radius 1 is 1.17 bits per heavy atom. The Kier molecular flexibility index (Phi) is 7.05. The third-order valence-corrected chi connectivity index (χ3v) is 6.26. The molecule has 0 bridgehead atoms. The molecule has 0 radical (unpaired) electrons. The molecule has 2 aromatic rings. The zero-order chi connectivity index (χ0) is 20.8. The van der Waals surface area contributed by atoms with Gasteiger partial charge in [-0.05, 0) is 56.5 Å². The summed E-state index contributed by atoms with van der Waals surface area (Å²) < 4.78 is 11.4. The molecule has 1 aromatic carbocycles. The second kappa shape index (κ2) is 10.1. The fourth-order valence-electron chi connectivity index (χ4n) is 4.57. The molecule has 30 heavy (non-hydrogen) atoms. The smallest absolute Gasteiger partial charge is 0.236 e. The van der Waals surface area contributed by atoms with Gasteiger partial charge in [0.15, 0.2) is 5.89 Å². The highest BCUT2D eigenvalue weighted by atomic mass is 16.5. The maximum absolute atomic E-state index is 12.9. The number of hydrogen-bond donors (Lipinski definition) is 0. The van der Waals surface area contributed by atoms with Crippen LogP contribution in [0.2, 0.25) is 0 Å². The van der Waals surface area contributed by atoms with E-state index in [2.05, 4.69) is 16.0 Å². The summed E-state index contributed by atoms with van der Waals surface area (Å²) in [5, 5.41) is 0. The Hall–Kier alpha value is -2.34. The van der Waals surface area contributed by atoms with Crippen molar-refractivity contribution >= 4 is 5.91 Å². The second-order valence-electron chi connectivity index (χ2n) is 8.56. The third kappa shape index (κ3) is 5.42. The minimum absolute atomic E-state index is 0.186. The summed E-state index contributed by atoms with van der Waals surface area (Å²) in [4.78, 5) is 21.8. The highest BCUT2D eigenvalue weighted by Crippen LogP contribution is 2.28. The number of hydrogen-bond acceptors (Lipinski definition) is 5. The van der Waals surface area contributed by atoms with E-state index in [1.54, 1.807) is 7.11 Å². The minimum Gasteiger partial charge on any atom is -0.497 e. The molecule has 2 saturated heterocycles. The van der Waals surface area contributed by atoms with Gasteiger partial charge in [-0.3, -0.25) is 9.69 Å². The monoisotopic (exact) mass is 411 g/mol. The second-order valence-corrected chi connectivity index (χ2v) is 8.56. The first-order chi connectivity index (χ1) is 14.7. The van der Waals surface area contributed by atoms with Gasteiger partial charge in [-0.2, -0.15) is 0 Å². The van der Waals surface area contributed by atoms with Gasteiger partial charge in [-0.25, -0.2) is 4.98 Å². The van der Waals surface area contributed by atoms with Gasteiger partial charge in [0.1, 0.15) is 11.5 Å². The molecule has 4 rings (SSSR count). The normalized spacial score (nSPS) is 20.7. The first-order valence-electron chi connectivity index (χ1n) is 11.3. The first-order valence-corrected chi connectivity index (χ1v) is 11.3. The van der Waals surface area contributed by atoms with E-state index in [1.165, 1.54) is 25.7 Å². The number of rotatable bonds is 6. The van der Waals surface area contributed by atoms with Crippen LogP contribution in [0.15, 0.2) is 34.9 Å². The van der Waals surface area contributed by atoms with E-state index < -0.39 is 0 Å². The van der Waals surface area contributed by atoms with Crippen molar-refractivity contribution in [3.05, 3.63) is 47.7 Å². The molecule has 162 valence electrons. The highest BCUT2D eigenvalue weighted by Gasteiger charge is 2.28. The number of piperidine rings is 1. The number of carbonyl (C=O) groups is 1. The van der Waals surface area contributed by atoms with Crippen LogP contribution in [0.3, 0.4) is 0 Å². The van der Waals surface area contributed by atoms with Crippen molar-refractivity contribution in [3.8, 4) is 5.75 Å². The predicted octanol–water partition coefficient (Wildman–Crippen LogP) is 3.86. The van der Waals surface area contributed by atoms with Crippen LogP contribution >= 0.6 is 0 Å². The lowest BCUT2D eigenvalue weighted by Gasteiger charge is -2.33. The van der Waals surface area contributed by atoms with Crippen molar-refractivity contribution in [3.63, 3.8) is 0 Å². The van der Waals surface area contributed by atoms with E-state index in [1.807, 2.05) is 29.3 Å². The van der Waals surface area contributed by atoms with Crippen LogP contribution in [0.4, 0.5) is 0 Å². The van der Waals surface area contributed by atoms with E-state index in [9.17, 15) is 4.79 Å². The number of aromatic nitrogens is 1. The largest absolute Gasteiger partial charge is 0.497 e. The quantitative estimate of drug-likeness (QED) is 0.723. The van der Waals surface area contributed by atoms with Crippen LogP contribution in [0.5, 0.6) is 5.75 Å². The summed E-state index contributed by atoms with van der Waals surface area (Å²) in [6.45, 7) is 4.22. The van der Waals surface area contributed by atoms with Gasteiger partial charge in [0, 0.05) is 19.5 Å². The first kappa shape index (κ1) is 20.9. The number of nitrogens with zero attached hydrogens (tertiary/aromatic N) is 3. The Morgan fingerprint density at radius 2 is 2.00 bits per heavy atom. The molecule has 0 aliphatic carbocycles. The Balaban J connectivity index is 1.34. The van der Waals surface area contributed by atoms with E-state index in [4.69, 9.17) is 9.15 Å². The number of benzene rings is 1. The van der Waals surface area contributed by atoms with E-state index >= 15 is 0 Å². The van der Waals surface area contributed by atoms with Gasteiger partial charge in [-0.1, -0.05) is 25.0 Å². The molecule has 6 nitrogen and oxygen atoms in total. The Morgan fingerprint density at radius 3 is 2.80 bits per heavy atom. The summed E-state index contributed by atoms with van der Waals surface area (Å²) in [7, 11) is 1.68. The average molecular weight is 412 g/mol. The van der Waals surface area contributed by atoms with Crippen molar-refractivity contribution < 1.29 is 13.9 Å². The van der Waals surface area contributed by atoms with Gasteiger partial charge in [0.05, 0.1) is 25.8 Å². The standard InChI is InChI=1S/C24H33N3O3/c1-29-21-10-6-8-19(14-21)15-22-16-25-24(30-22)20-9-7-13-27(17-20)23(28)18-26-11-4-2-3-5-12-26/h6,8,10,14,16,20H,2-5,7,9,11-13,15,17-18H2,1H3/t20-/m0/s1. The maximum Gasteiger partial charge on any atom is 0.236 e. The van der Waals surface area contributed by atoms with Gasteiger partial charge in [0.2, 0.25) is 5.91 Å². The van der Waals surface area contributed by atoms with Crippen LogP contribution in [0.25, 0.3) is 0 Å². The molecule has 3 heterocycles. The van der Waals surface area contributed by atoms with Gasteiger partial charge in [-0.15, -0.1) is 0 Å². The van der Waals surface area contributed by atoms with Crippen molar-refractivity contribution in [2.45, 2.75) is 50.9 Å². The predicted molar refractivity (Wildman–Crippen MR) is 116 cm³/mol. The molecule has 2 fully saturated rings. The Labute approximate surface area is 179 Å². The number of ether oxygens (including phenoxy) is 1. The molecule has 6 heteroatoms. The summed E-state index contributed by atoms with van der Waals surface area (Å²) in [6, 6.07) is 8.01. The molecule has 0 unspecified atom stereocenters. The number of amides is 1. The molecule has 1 atom stereocenters. The topological polar surface area (TPSA) is 58.8 Å². The maximum atomic E-state index is 12.9. The van der Waals surface area contributed by atoms with Gasteiger partial charge < -0.3 is 14.1 Å². The van der Waals surface area contributed by atoms with Crippen molar-refractivity contribution in [2.75, 3.05) is 39.8 Å². The zero-order valence-corrected chi connectivity index (χ0v) is 18.0. The summed E-state index contributed by atoms with van der Waals surface area (Å²) >= 11 is 0. The molecule has 2 aliphatic rings. The van der Waals surface area contributed by atoms with Crippen LogP contribution < -0.4 is 4.74 Å².